The van der Waals surface area contributed by atoms with Crippen LogP contribution in [0.5, 0.6) is 0 Å². The van der Waals surface area contributed by atoms with Crippen molar-refractivity contribution in [1.82, 2.24) is 9.88 Å². The van der Waals surface area contributed by atoms with Gasteiger partial charge in [-0.2, -0.15) is 0 Å². The van der Waals surface area contributed by atoms with E-state index in [0.29, 0.717) is 5.56 Å². The molecular weight excluding hydrogens is 284 g/mol. The maximum Gasteiger partial charge on any atom is 0.339 e. The lowest BCUT2D eigenvalue weighted by atomic mass is 9.85. The van der Waals surface area contributed by atoms with Gasteiger partial charge in [-0.3, -0.25) is 9.88 Å². The molecule has 2 aliphatic rings. The van der Waals surface area contributed by atoms with Gasteiger partial charge in [0.25, 0.3) is 0 Å². The lowest BCUT2D eigenvalue weighted by molar-refractivity contribution is -0.0440. The fraction of sp³-hybridized carbons (Fsp3) is 0.375. The van der Waals surface area contributed by atoms with E-state index in [4.69, 9.17) is 4.74 Å². The van der Waals surface area contributed by atoms with Crippen LogP contribution in [0.1, 0.15) is 33.6 Å². The molecule has 4 rings (SSSR count). The number of nitrogens with zero attached hydrogens (tertiary/aromatic N) is 2. The van der Waals surface area contributed by atoms with E-state index in [2.05, 4.69) is 27.4 Å². The predicted octanol–water partition coefficient (Wildman–Crippen LogP) is 2.80. The maximum absolute atomic E-state index is 12.0. The minimum absolute atomic E-state index is 0.195. The molecule has 4 nitrogen and oxygen atoms in total. The molecule has 0 radical (unpaired) electrons. The van der Waals surface area contributed by atoms with Crippen molar-refractivity contribution in [3.8, 4) is 0 Å². The third-order valence-electron chi connectivity index (χ3n) is 4.44. The van der Waals surface area contributed by atoms with E-state index in [1.54, 1.807) is 29.8 Å². The lowest BCUT2D eigenvalue weighted by Gasteiger charge is -2.38. The first kappa shape index (κ1) is 13.0. The van der Waals surface area contributed by atoms with Crippen molar-refractivity contribution in [2.75, 3.05) is 13.1 Å². The summed E-state index contributed by atoms with van der Waals surface area (Å²) in [5.41, 5.74) is 1.23. The lowest BCUT2D eigenvalue weighted by Crippen LogP contribution is -2.42. The predicted molar refractivity (Wildman–Crippen MR) is 80.2 cm³/mol. The molecule has 0 unspecified atom stereocenters. The Balaban J connectivity index is 1.51. The van der Waals surface area contributed by atoms with Crippen molar-refractivity contribution < 1.29 is 9.53 Å². The summed E-state index contributed by atoms with van der Waals surface area (Å²) >= 11 is 1.79. The van der Waals surface area contributed by atoms with Crippen molar-refractivity contribution in [2.45, 2.75) is 25.0 Å². The smallest absolute Gasteiger partial charge is 0.339 e. The Morgan fingerprint density at radius 1 is 1.33 bits per heavy atom. The van der Waals surface area contributed by atoms with Gasteiger partial charge >= 0.3 is 5.97 Å². The van der Waals surface area contributed by atoms with Crippen molar-refractivity contribution in [3.05, 3.63) is 52.0 Å². The molecule has 21 heavy (non-hydrogen) atoms. The molecule has 0 bridgehead atoms. The van der Waals surface area contributed by atoms with Gasteiger partial charge in [0.2, 0.25) is 0 Å². The van der Waals surface area contributed by atoms with Crippen molar-refractivity contribution in [2.24, 2.45) is 0 Å². The van der Waals surface area contributed by atoms with Crippen LogP contribution in [0.3, 0.4) is 0 Å². The van der Waals surface area contributed by atoms with Gasteiger partial charge in [0.1, 0.15) is 5.60 Å². The molecule has 2 aliphatic heterocycles. The van der Waals surface area contributed by atoms with Gasteiger partial charge in [-0.1, -0.05) is 6.07 Å². The van der Waals surface area contributed by atoms with Gasteiger partial charge in [-0.05, 0) is 17.5 Å². The summed E-state index contributed by atoms with van der Waals surface area (Å²) in [4.78, 5) is 20.0. The highest BCUT2D eigenvalue weighted by Crippen LogP contribution is 2.43. The summed E-state index contributed by atoms with van der Waals surface area (Å²) in [6.07, 6.45) is 5.16. The number of likely N-dealkylation sites (tertiary alicyclic amines) is 1. The van der Waals surface area contributed by atoms with Crippen LogP contribution in [-0.2, 0) is 16.9 Å². The number of thiophene rings is 1. The van der Waals surface area contributed by atoms with E-state index in [1.165, 1.54) is 4.88 Å². The Morgan fingerprint density at radius 2 is 2.19 bits per heavy atom. The molecule has 1 saturated heterocycles. The molecule has 2 aromatic rings. The van der Waals surface area contributed by atoms with Crippen LogP contribution in [0.25, 0.3) is 0 Å². The number of ether oxygens (including phenoxy) is 1. The van der Waals surface area contributed by atoms with Crippen LogP contribution in [0, 0.1) is 0 Å². The first-order valence-electron chi connectivity index (χ1n) is 7.19. The van der Waals surface area contributed by atoms with Crippen molar-refractivity contribution >= 4 is 17.3 Å². The van der Waals surface area contributed by atoms with Crippen molar-refractivity contribution in [1.29, 1.82) is 0 Å². The van der Waals surface area contributed by atoms with Crippen molar-refractivity contribution in [3.63, 3.8) is 0 Å². The van der Waals surface area contributed by atoms with E-state index in [-0.39, 0.29) is 5.97 Å². The Hall–Kier alpha value is -1.72. The zero-order valence-electron chi connectivity index (χ0n) is 11.6. The van der Waals surface area contributed by atoms with E-state index in [1.807, 2.05) is 0 Å². The maximum atomic E-state index is 12.0. The summed E-state index contributed by atoms with van der Waals surface area (Å²) in [6, 6.07) is 6.03. The number of aromatic nitrogens is 1. The number of piperidine rings is 1. The molecule has 108 valence electrons. The highest BCUT2D eigenvalue weighted by atomic mass is 32.1. The van der Waals surface area contributed by atoms with Crippen LogP contribution in [0.4, 0.5) is 0 Å². The topological polar surface area (TPSA) is 42.4 Å². The van der Waals surface area contributed by atoms with Crippen LogP contribution in [0.2, 0.25) is 0 Å². The second kappa shape index (κ2) is 4.93. The summed E-state index contributed by atoms with van der Waals surface area (Å²) in [7, 11) is 0. The minimum Gasteiger partial charge on any atom is -0.450 e. The SMILES string of the molecule is O=C1OC2(CCN(Cc3cccs3)CC2)c2cnccc21. The monoisotopic (exact) mass is 300 g/mol. The number of carbonyl (C=O) groups is 1. The van der Waals surface area contributed by atoms with Gasteiger partial charge in [0, 0.05) is 55.3 Å². The third-order valence-corrected chi connectivity index (χ3v) is 5.30. The Labute approximate surface area is 127 Å². The molecule has 5 heteroatoms. The number of rotatable bonds is 2. The quantitative estimate of drug-likeness (QED) is 0.800. The molecular formula is C16H16N2O2S. The number of hydrogen-bond donors (Lipinski definition) is 0. The largest absolute Gasteiger partial charge is 0.450 e. The summed E-state index contributed by atoms with van der Waals surface area (Å²) in [6.45, 7) is 2.88. The Bertz CT molecular complexity index is 661. The average molecular weight is 300 g/mol. The van der Waals surface area contributed by atoms with Gasteiger partial charge in [0.05, 0.1) is 5.56 Å². The van der Waals surface area contributed by atoms with E-state index in [0.717, 1.165) is 38.0 Å². The molecule has 4 heterocycles. The van der Waals surface area contributed by atoms with Crippen LogP contribution in [0.15, 0.2) is 36.0 Å². The molecule has 0 N–H and O–H groups in total. The van der Waals surface area contributed by atoms with Gasteiger partial charge in [-0.15, -0.1) is 11.3 Å². The minimum atomic E-state index is -0.438. The number of hydrogen-bond acceptors (Lipinski definition) is 5. The second-order valence-electron chi connectivity index (χ2n) is 5.66. The number of pyridine rings is 1. The van der Waals surface area contributed by atoms with E-state index >= 15 is 0 Å². The average Bonchev–Trinajstić information content (AvgIpc) is 3.10. The zero-order chi connectivity index (χ0) is 14.3. The van der Waals surface area contributed by atoms with Gasteiger partial charge in [0.15, 0.2) is 0 Å². The fourth-order valence-corrected chi connectivity index (χ4v) is 4.04. The summed E-state index contributed by atoms with van der Waals surface area (Å²) < 4.78 is 5.74. The van der Waals surface area contributed by atoms with E-state index in [9.17, 15) is 4.79 Å². The first-order valence-corrected chi connectivity index (χ1v) is 8.07. The highest BCUT2D eigenvalue weighted by Gasteiger charge is 2.47. The number of carbonyl (C=O) groups excluding carboxylic acids is 1. The Morgan fingerprint density at radius 3 is 2.95 bits per heavy atom. The Kier molecular flexibility index (Phi) is 3.05. The van der Waals surface area contributed by atoms with Gasteiger partial charge in [-0.25, -0.2) is 4.79 Å². The molecule has 2 aromatic heterocycles. The highest BCUT2D eigenvalue weighted by molar-refractivity contribution is 7.09. The molecule has 0 aliphatic carbocycles. The zero-order valence-corrected chi connectivity index (χ0v) is 12.4. The normalized spacial score (nSPS) is 20.5. The summed E-state index contributed by atoms with van der Waals surface area (Å²) in [5, 5.41) is 2.11. The third kappa shape index (κ3) is 2.17. The van der Waals surface area contributed by atoms with Crippen LogP contribution in [-0.4, -0.2) is 28.9 Å². The summed E-state index contributed by atoms with van der Waals surface area (Å²) in [5.74, 6) is -0.195. The van der Waals surface area contributed by atoms with Crippen LogP contribution >= 0.6 is 11.3 Å². The molecule has 1 spiro atoms. The van der Waals surface area contributed by atoms with Crippen LogP contribution < -0.4 is 0 Å². The molecule has 0 saturated carbocycles. The van der Waals surface area contributed by atoms with E-state index < -0.39 is 5.60 Å². The number of fused-ring (bicyclic) bond motifs is 2. The molecule has 0 aromatic carbocycles. The molecule has 0 amide bonds. The fourth-order valence-electron chi connectivity index (χ4n) is 3.29. The number of esters is 1. The second-order valence-corrected chi connectivity index (χ2v) is 6.69. The first-order chi connectivity index (χ1) is 10.3. The standard InChI is InChI=1S/C16H16N2O2S/c19-15-13-3-6-17-10-14(13)16(20-15)4-7-18(8-5-16)11-12-2-1-9-21-12/h1-3,6,9-10H,4-5,7-8,11H2. The van der Waals surface area contributed by atoms with Gasteiger partial charge < -0.3 is 4.74 Å². The molecule has 1 fully saturated rings. The molecule has 0 atom stereocenters.